The molecule has 0 bridgehead atoms. The molecule has 0 aliphatic rings. The molecular weight excluding hydrogens is 530 g/mol. The topological polar surface area (TPSA) is 116 Å². The number of hydrogen-bond acceptors (Lipinski definition) is 5. The third kappa shape index (κ3) is 9.05. The molecule has 3 amide bonds. The number of aromatic nitrogens is 2. The molecule has 0 fully saturated rings. The van der Waals surface area contributed by atoms with Crippen LogP contribution in [-0.4, -0.2) is 51.9 Å². The van der Waals surface area contributed by atoms with Gasteiger partial charge in [-0.3, -0.25) is 9.59 Å². The fraction of sp³-hybridized carbons (Fsp3) is 0.273. The van der Waals surface area contributed by atoms with Crippen molar-refractivity contribution in [3.05, 3.63) is 126 Å². The summed E-state index contributed by atoms with van der Waals surface area (Å²) < 4.78 is 5.40. The Morgan fingerprint density at radius 2 is 1.52 bits per heavy atom. The normalized spacial score (nSPS) is 11.8. The van der Waals surface area contributed by atoms with Crippen molar-refractivity contribution in [2.75, 3.05) is 13.1 Å². The molecular formula is C33H37N5O4. The average Bonchev–Trinajstić information content (AvgIpc) is 3.53. The Bertz CT molecular complexity index is 1410. The summed E-state index contributed by atoms with van der Waals surface area (Å²) in [6.07, 6.45) is 2.56. The second kappa shape index (κ2) is 14.6. The Labute approximate surface area is 246 Å². The first-order valence-electron chi connectivity index (χ1n) is 13.9. The van der Waals surface area contributed by atoms with Gasteiger partial charge < -0.3 is 25.3 Å². The van der Waals surface area contributed by atoms with Crippen LogP contribution < -0.4 is 10.6 Å². The first-order valence-corrected chi connectivity index (χ1v) is 13.9. The van der Waals surface area contributed by atoms with Crippen molar-refractivity contribution in [1.29, 1.82) is 0 Å². The fourth-order valence-corrected chi connectivity index (χ4v) is 4.49. The number of carbonyl (C=O) groups is 3. The molecule has 4 aromatic rings. The Morgan fingerprint density at radius 1 is 0.905 bits per heavy atom. The largest absolute Gasteiger partial charge is 0.445 e. The number of benzene rings is 3. The number of ether oxygens (including phenoxy) is 1. The minimum atomic E-state index is -1.01. The first kappa shape index (κ1) is 30.0. The number of imidazole rings is 1. The van der Waals surface area contributed by atoms with Gasteiger partial charge in [0.25, 0.3) is 0 Å². The molecule has 42 heavy (non-hydrogen) atoms. The molecule has 4 rings (SSSR count). The maximum absolute atomic E-state index is 14.0. The van der Waals surface area contributed by atoms with Crippen LogP contribution in [0.4, 0.5) is 4.79 Å². The van der Waals surface area contributed by atoms with Crippen LogP contribution in [0.5, 0.6) is 0 Å². The van der Waals surface area contributed by atoms with Gasteiger partial charge in [-0.15, -0.1) is 0 Å². The van der Waals surface area contributed by atoms with E-state index < -0.39 is 18.0 Å². The Kier molecular flexibility index (Phi) is 10.5. The number of amides is 3. The van der Waals surface area contributed by atoms with Gasteiger partial charge in [0.1, 0.15) is 12.6 Å². The lowest BCUT2D eigenvalue weighted by atomic mass is 9.84. The van der Waals surface area contributed by atoms with Gasteiger partial charge in [-0.05, 0) is 16.7 Å². The van der Waals surface area contributed by atoms with Gasteiger partial charge in [0.2, 0.25) is 11.8 Å². The third-order valence-corrected chi connectivity index (χ3v) is 6.92. The summed E-state index contributed by atoms with van der Waals surface area (Å²) in [6, 6.07) is 27.6. The van der Waals surface area contributed by atoms with Crippen LogP contribution in [-0.2, 0) is 39.3 Å². The van der Waals surface area contributed by atoms with Crippen LogP contribution in [0.3, 0.4) is 0 Å². The molecule has 3 N–H and O–H groups in total. The summed E-state index contributed by atoms with van der Waals surface area (Å²) in [4.78, 5) is 48.6. The molecule has 0 radical (unpaired) electrons. The summed E-state index contributed by atoms with van der Waals surface area (Å²) in [5.41, 5.74) is 3.06. The molecule has 0 saturated carbocycles. The highest BCUT2D eigenvalue weighted by molar-refractivity contribution is 5.89. The molecule has 1 aromatic heterocycles. The second-order valence-electron chi connectivity index (χ2n) is 10.7. The van der Waals surface area contributed by atoms with Gasteiger partial charge in [0.05, 0.1) is 18.6 Å². The zero-order chi connectivity index (χ0) is 29.8. The Hall–Kier alpha value is -4.92. The van der Waals surface area contributed by atoms with Crippen LogP contribution in [0.15, 0.2) is 104 Å². The minimum absolute atomic E-state index is 0.0589. The van der Waals surface area contributed by atoms with Gasteiger partial charge in [-0.25, -0.2) is 9.78 Å². The van der Waals surface area contributed by atoms with E-state index in [4.69, 9.17) is 4.74 Å². The van der Waals surface area contributed by atoms with Crippen LogP contribution in [0, 0.1) is 0 Å². The number of H-pyrrole nitrogens is 1. The predicted octanol–water partition coefficient (Wildman–Crippen LogP) is 4.37. The lowest BCUT2D eigenvalue weighted by molar-refractivity contribution is -0.138. The molecule has 1 unspecified atom stereocenters. The lowest BCUT2D eigenvalue weighted by Crippen LogP contribution is -2.52. The lowest BCUT2D eigenvalue weighted by Gasteiger charge is -2.29. The molecule has 1 atom stereocenters. The van der Waals surface area contributed by atoms with E-state index in [0.29, 0.717) is 12.2 Å². The van der Waals surface area contributed by atoms with Crippen molar-refractivity contribution in [1.82, 2.24) is 25.5 Å². The minimum Gasteiger partial charge on any atom is -0.445 e. The molecule has 218 valence electrons. The SMILES string of the molecule is CC(C)(CNC(=O)CN(Cc1ccccc1)C(=O)C(Cc1c[nH]cn1)NC(=O)OCc1ccccc1)c1ccccc1. The van der Waals surface area contributed by atoms with Gasteiger partial charge in [-0.2, -0.15) is 0 Å². The van der Waals surface area contributed by atoms with Crippen molar-refractivity contribution in [3.63, 3.8) is 0 Å². The number of alkyl carbamates (subject to hydrolysis) is 1. The van der Waals surface area contributed by atoms with Crippen molar-refractivity contribution in [2.45, 2.75) is 44.9 Å². The maximum Gasteiger partial charge on any atom is 0.408 e. The summed E-state index contributed by atoms with van der Waals surface area (Å²) in [6.45, 7) is 4.57. The van der Waals surface area contributed by atoms with E-state index in [-0.39, 0.29) is 37.4 Å². The number of rotatable bonds is 13. The highest BCUT2D eigenvalue weighted by atomic mass is 16.5. The van der Waals surface area contributed by atoms with E-state index in [2.05, 4.69) is 34.4 Å². The molecule has 9 heteroatoms. The van der Waals surface area contributed by atoms with Crippen molar-refractivity contribution >= 4 is 17.9 Å². The van der Waals surface area contributed by atoms with E-state index in [9.17, 15) is 14.4 Å². The second-order valence-corrected chi connectivity index (χ2v) is 10.7. The number of nitrogens with one attached hydrogen (secondary N) is 3. The van der Waals surface area contributed by atoms with E-state index in [1.807, 2.05) is 91.0 Å². The highest BCUT2D eigenvalue weighted by Gasteiger charge is 2.30. The fourth-order valence-electron chi connectivity index (χ4n) is 4.49. The molecule has 0 saturated heterocycles. The van der Waals surface area contributed by atoms with Crippen molar-refractivity contribution in [2.24, 2.45) is 0 Å². The van der Waals surface area contributed by atoms with Gasteiger partial charge in [0.15, 0.2) is 0 Å². The Morgan fingerprint density at radius 3 is 2.14 bits per heavy atom. The van der Waals surface area contributed by atoms with Crippen LogP contribution in [0.2, 0.25) is 0 Å². The standard InChI is InChI=1S/C33H37N5O4/c1-33(2,27-16-10-5-11-17-27)23-35-30(39)21-38(20-25-12-6-3-7-13-25)31(40)29(18-28-19-34-24-36-28)37-32(41)42-22-26-14-8-4-9-15-26/h3-17,19,24,29H,18,20-23H2,1-2H3,(H,34,36)(H,35,39)(H,37,41). The molecule has 9 nitrogen and oxygen atoms in total. The number of carbonyl (C=O) groups excluding carboxylic acids is 3. The smallest absolute Gasteiger partial charge is 0.408 e. The summed E-state index contributed by atoms with van der Waals surface area (Å²) in [7, 11) is 0. The zero-order valence-corrected chi connectivity index (χ0v) is 24.0. The molecule has 1 heterocycles. The van der Waals surface area contributed by atoms with Crippen LogP contribution >= 0.6 is 0 Å². The van der Waals surface area contributed by atoms with Crippen LogP contribution in [0.25, 0.3) is 0 Å². The van der Waals surface area contributed by atoms with Gasteiger partial charge in [-0.1, -0.05) is 105 Å². The quantitative estimate of drug-likeness (QED) is 0.222. The van der Waals surface area contributed by atoms with E-state index in [0.717, 1.165) is 16.7 Å². The highest BCUT2D eigenvalue weighted by Crippen LogP contribution is 2.21. The molecule has 0 spiro atoms. The van der Waals surface area contributed by atoms with E-state index in [1.54, 1.807) is 6.20 Å². The van der Waals surface area contributed by atoms with Crippen molar-refractivity contribution in [3.8, 4) is 0 Å². The van der Waals surface area contributed by atoms with Crippen molar-refractivity contribution < 1.29 is 19.1 Å². The molecule has 0 aliphatic carbocycles. The number of aromatic amines is 1. The van der Waals surface area contributed by atoms with Crippen LogP contribution in [0.1, 0.15) is 36.2 Å². The predicted molar refractivity (Wildman–Crippen MR) is 160 cm³/mol. The van der Waals surface area contributed by atoms with E-state index >= 15 is 0 Å². The molecule has 0 aliphatic heterocycles. The first-order chi connectivity index (χ1) is 20.3. The summed E-state index contributed by atoms with van der Waals surface area (Å²) in [5, 5.41) is 5.70. The summed E-state index contributed by atoms with van der Waals surface area (Å²) in [5.74, 6) is -0.718. The molecule has 3 aromatic carbocycles. The van der Waals surface area contributed by atoms with Gasteiger partial charge >= 0.3 is 6.09 Å². The van der Waals surface area contributed by atoms with E-state index in [1.165, 1.54) is 11.2 Å². The number of hydrogen-bond donors (Lipinski definition) is 3. The summed E-state index contributed by atoms with van der Waals surface area (Å²) >= 11 is 0. The monoisotopic (exact) mass is 567 g/mol. The van der Waals surface area contributed by atoms with Gasteiger partial charge in [0, 0.05) is 31.1 Å². The maximum atomic E-state index is 14.0. The zero-order valence-electron chi connectivity index (χ0n) is 24.0. The third-order valence-electron chi connectivity index (χ3n) is 6.92. The Balaban J connectivity index is 1.48. The number of nitrogens with zero attached hydrogens (tertiary/aromatic N) is 2. The average molecular weight is 568 g/mol.